The summed E-state index contributed by atoms with van der Waals surface area (Å²) in [4.78, 5) is 36.3. The van der Waals surface area contributed by atoms with Gasteiger partial charge in [0.25, 0.3) is 0 Å². The Morgan fingerprint density at radius 3 is 2.78 bits per heavy atom. The topological polar surface area (TPSA) is 138 Å². The number of hydrogen-bond acceptors (Lipinski definition) is 8. The molecule has 1 amide bonds. The molecule has 1 aromatic carbocycles. The summed E-state index contributed by atoms with van der Waals surface area (Å²) in [5, 5.41) is 11.3. The molecule has 0 saturated carbocycles. The van der Waals surface area contributed by atoms with Crippen molar-refractivity contribution in [3.63, 3.8) is 0 Å². The lowest BCUT2D eigenvalue weighted by Crippen LogP contribution is -2.25. The van der Waals surface area contributed by atoms with Crippen LogP contribution in [0.25, 0.3) is 56.0 Å². The van der Waals surface area contributed by atoms with Gasteiger partial charge in [-0.3, -0.25) is 29.7 Å². The highest BCUT2D eigenvalue weighted by atomic mass is 19.1. The maximum atomic E-state index is 14.8. The van der Waals surface area contributed by atoms with E-state index in [2.05, 4.69) is 47.3 Å². The first kappa shape index (κ1) is 29.5. The number of aromatic nitrogens is 7. The number of benzene rings is 1. The van der Waals surface area contributed by atoms with Crippen LogP contribution in [0.15, 0.2) is 61.2 Å². The number of nitrogens with zero attached hydrogens (tertiary/aromatic N) is 6. The molecule has 0 radical (unpaired) electrons. The number of aromatic amines is 2. The fourth-order valence-corrected chi connectivity index (χ4v) is 5.80. The van der Waals surface area contributed by atoms with Gasteiger partial charge in [0.05, 0.1) is 40.5 Å². The number of carbonyl (C=O) groups is 1. The zero-order valence-electron chi connectivity index (χ0n) is 25.5. The summed E-state index contributed by atoms with van der Waals surface area (Å²) in [7, 11) is 0. The lowest BCUT2D eigenvalue weighted by atomic mass is 10.1. The maximum absolute atomic E-state index is 14.8. The molecule has 46 heavy (non-hydrogen) atoms. The van der Waals surface area contributed by atoms with E-state index in [4.69, 9.17) is 9.72 Å². The molecular formula is C34H34FN9O2. The number of nitrogens with one attached hydrogen (secondary N) is 3. The molecule has 1 fully saturated rings. The van der Waals surface area contributed by atoms with Crippen LogP contribution in [0.5, 0.6) is 5.75 Å². The van der Waals surface area contributed by atoms with Gasteiger partial charge in [-0.25, -0.2) is 9.37 Å². The zero-order chi connectivity index (χ0) is 31.5. The van der Waals surface area contributed by atoms with Gasteiger partial charge in [0, 0.05) is 47.9 Å². The predicted molar refractivity (Wildman–Crippen MR) is 175 cm³/mol. The third kappa shape index (κ3) is 6.29. The van der Waals surface area contributed by atoms with Gasteiger partial charge in [-0.2, -0.15) is 5.10 Å². The number of imidazole rings is 1. The Kier molecular flexibility index (Phi) is 8.34. The Morgan fingerprint density at radius 1 is 1.02 bits per heavy atom. The predicted octanol–water partition coefficient (Wildman–Crippen LogP) is 6.37. The Labute approximate surface area is 264 Å². The minimum atomic E-state index is -0.402. The smallest absolute Gasteiger partial charge is 0.224 e. The molecule has 234 valence electrons. The van der Waals surface area contributed by atoms with Crippen molar-refractivity contribution in [3.05, 3.63) is 67.0 Å². The van der Waals surface area contributed by atoms with Crippen LogP contribution in [0.3, 0.4) is 0 Å². The molecule has 1 aliphatic rings. The molecule has 0 unspecified atom stereocenters. The highest BCUT2D eigenvalue weighted by Gasteiger charge is 2.18. The summed E-state index contributed by atoms with van der Waals surface area (Å²) >= 11 is 0. The second kappa shape index (κ2) is 13.0. The fourth-order valence-electron chi connectivity index (χ4n) is 5.80. The number of fused-ring (bicyclic) bond motifs is 2. The summed E-state index contributed by atoms with van der Waals surface area (Å²) in [6.45, 7) is 5.52. The largest absolute Gasteiger partial charge is 0.492 e. The van der Waals surface area contributed by atoms with E-state index in [1.54, 1.807) is 30.9 Å². The van der Waals surface area contributed by atoms with Crippen molar-refractivity contribution in [2.75, 3.05) is 31.6 Å². The molecule has 6 heterocycles. The summed E-state index contributed by atoms with van der Waals surface area (Å²) in [5.74, 6) is 0.544. The van der Waals surface area contributed by atoms with Crippen molar-refractivity contribution in [3.8, 4) is 39.8 Å². The van der Waals surface area contributed by atoms with Crippen molar-refractivity contribution < 1.29 is 13.9 Å². The zero-order valence-corrected chi connectivity index (χ0v) is 25.5. The van der Waals surface area contributed by atoms with Gasteiger partial charge in [0.15, 0.2) is 5.82 Å². The Balaban J connectivity index is 1.17. The van der Waals surface area contributed by atoms with Crippen LogP contribution >= 0.6 is 0 Å². The molecule has 5 aromatic heterocycles. The summed E-state index contributed by atoms with van der Waals surface area (Å²) in [6.07, 6.45) is 11.4. The standard InChI is InChI=1S/C34H34FN9O2/c1-2-3-6-30(45)39-24-14-22(18-36-19-24)28-17-26-29(20-38-28)42-43-32(26)34-40-27-7-8-37-31(33(27)41-34)21-13-23(35)16-25(15-21)46-12-11-44-9-4-5-10-44/h7-8,13-20H,2-6,9-12H2,1H3,(H,39,45)(H,40,41)(H,42,43). The van der Waals surface area contributed by atoms with E-state index < -0.39 is 5.82 Å². The number of pyridine rings is 3. The van der Waals surface area contributed by atoms with Crippen LogP contribution in [0.1, 0.15) is 39.0 Å². The number of rotatable bonds is 11. The molecule has 0 aliphatic carbocycles. The van der Waals surface area contributed by atoms with Crippen molar-refractivity contribution >= 4 is 33.5 Å². The van der Waals surface area contributed by atoms with Crippen molar-refractivity contribution in [2.45, 2.75) is 39.0 Å². The van der Waals surface area contributed by atoms with Crippen LogP contribution in [-0.2, 0) is 4.79 Å². The average molecular weight is 620 g/mol. The van der Waals surface area contributed by atoms with E-state index in [0.29, 0.717) is 58.5 Å². The van der Waals surface area contributed by atoms with Crippen LogP contribution in [0.4, 0.5) is 10.1 Å². The number of halogens is 1. The molecule has 3 N–H and O–H groups in total. The Bertz CT molecular complexity index is 2020. The van der Waals surface area contributed by atoms with Crippen molar-refractivity contribution in [1.29, 1.82) is 0 Å². The van der Waals surface area contributed by atoms with Gasteiger partial charge in [0.2, 0.25) is 5.91 Å². The normalized spacial score (nSPS) is 13.5. The van der Waals surface area contributed by atoms with Gasteiger partial charge in [-0.1, -0.05) is 13.3 Å². The van der Waals surface area contributed by atoms with Gasteiger partial charge in [-0.05, 0) is 62.7 Å². The summed E-state index contributed by atoms with van der Waals surface area (Å²) in [5.41, 5.74) is 5.81. The van der Waals surface area contributed by atoms with E-state index in [-0.39, 0.29) is 5.91 Å². The monoisotopic (exact) mass is 619 g/mol. The number of H-pyrrole nitrogens is 2. The number of ether oxygens (including phenoxy) is 1. The quantitative estimate of drug-likeness (QED) is 0.152. The van der Waals surface area contributed by atoms with E-state index in [1.165, 1.54) is 25.0 Å². The fraction of sp³-hybridized carbons (Fsp3) is 0.294. The second-order valence-corrected chi connectivity index (χ2v) is 11.5. The SMILES string of the molecule is CCCCC(=O)Nc1cncc(-c2cc3c(-c4nc5c(-c6cc(F)cc(OCCN7CCCC7)c6)nccc5[nH]4)n[nH]c3cn2)c1. The molecule has 0 spiro atoms. The van der Waals surface area contributed by atoms with E-state index in [9.17, 15) is 9.18 Å². The first-order chi connectivity index (χ1) is 22.5. The van der Waals surface area contributed by atoms with Crippen LogP contribution < -0.4 is 10.1 Å². The number of anilines is 1. The number of carbonyl (C=O) groups excluding carboxylic acids is 1. The number of likely N-dealkylation sites (tertiary alicyclic amines) is 1. The van der Waals surface area contributed by atoms with E-state index in [1.807, 2.05) is 18.2 Å². The van der Waals surface area contributed by atoms with Gasteiger partial charge >= 0.3 is 0 Å². The molecule has 7 rings (SSSR count). The van der Waals surface area contributed by atoms with Crippen LogP contribution in [0, 0.1) is 5.82 Å². The van der Waals surface area contributed by atoms with Crippen LogP contribution in [-0.4, -0.2) is 72.2 Å². The highest BCUT2D eigenvalue weighted by molar-refractivity contribution is 5.97. The highest BCUT2D eigenvalue weighted by Crippen LogP contribution is 2.33. The molecule has 11 nitrogen and oxygen atoms in total. The Hall–Kier alpha value is -5.23. The number of hydrogen-bond donors (Lipinski definition) is 3. The average Bonchev–Trinajstić information content (AvgIpc) is 3.83. The number of amides is 1. The maximum Gasteiger partial charge on any atom is 0.224 e. The van der Waals surface area contributed by atoms with Gasteiger partial charge < -0.3 is 15.0 Å². The van der Waals surface area contributed by atoms with Crippen LogP contribution in [0.2, 0.25) is 0 Å². The van der Waals surface area contributed by atoms with Gasteiger partial charge in [0.1, 0.15) is 29.4 Å². The van der Waals surface area contributed by atoms with E-state index in [0.717, 1.165) is 54.5 Å². The van der Waals surface area contributed by atoms with Crippen molar-refractivity contribution in [2.24, 2.45) is 0 Å². The lowest BCUT2D eigenvalue weighted by molar-refractivity contribution is -0.116. The lowest BCUT2D eigenvalue weighted by Gasteiger charge is -2.15. The summed E-state index contributed by atoms with van der Waals surface area (Å²) in [6, 6.07) is 10.2. The molecule has 6 aromatic rings. The molecular weight excluding hydrogens is 585 g/mol. The van der Waals surface area contributed by atoms with Gasteiger partial charge in [-0.15, -0.1) is 0 Å². The number of unbranched alkanes of at least 4 members (excludes halogenated alkanes) is 1. The molecule has 12 heteroatoms. The first-order valence-electron chi connectivity index (χ1n) is 15.6. The van der Waals surface area contributed by atoms with Crippen molar-refractivity contribution in [1.82, 2.24) is 40.0 Å². The molecule has 1 aliphatic heterocycles. The molecule has 0 bridgehead atoms. The summed E-state index contributed by atoms with van der Waals surface area (Å²) < 4.78 is 20.7. The van der Waals surface area contributed by atoms with E-state index >= 15 is 0 Å². The molecule has 1 saturated heterocycles. The second-order valence-electron chi connectivity index (χ2n) is 11.5. The third-order valence-corrected chi connectivity index (χ3v) is 8.17. The first-order valence-corrected chi connectivity index (χ1v) is 15.6. The third-order valence-electron chi connectivity index (χ3n) is 8.17. The Morgan fingerprint density at radius 2 is 1.91 bits per heavy atom. The minimum Gasteiger partial charge on any atom is -0.492 e. The molecule has 0 atom stereocenters. The minimum absolute atomic E-state index is 0.0420.